The Morgan fingerprint density at radius 3 is 2.62 bits per heavy atom. The van der Waals surface area contributed by atoms with E-state index in [1.807, 2.05) is 54.6 Å². The van der Waals surface area contributed by atoms with E-state index in [9.17, 15) is 9.59 Å². The number of carbonyl (C=O) groups excluding carboxylic acids is 2. The van der Waals surface area contributed by atoms with Crippen LogP contribution in [0, 0.1) is 0 Å². The molecule has 0 aromatic heterocycles. The maximum Gasteiger partial charge on any atom is 0.338 e. The molecule has 1 amide bonds. The van der Waals surface area contributed by atoms with Gasteiger partial charge in [-0.05, 0) is 24.3 Å². The smallest absolute Gasteiger partial charge is 0.338 e. The summed E-state index contributed by atoms with van der Waals surface area (Å²) in [7, 11) is 0. The van der Waals surface area contributed by atoms with Crippen molar-refractivity contribution in [2.24, 2.45) is 0 Å². The maximum atomic E-state index is 12.5. The Morgan fingerprint density at radius 2 is 1.85 bits per heavy atom. The summed E-state index contributed by atoms with van der Waals surface area (Å²) >= 11 is 0. The average molecular weight is 349 g/mol. The first-order valence-electron chi connectivity index (χ1n) is 8.25. The molecule has 1 heterocycles. The molecule has 0 fully saturated rings. The van der Waals surface area contributed by atoms with Crippen molar-refractivity contribution >= 4 is 23.6 Å². The van der Waals surface area contributed by atoms with Gasteiger partial charge in [0, 0.05) is 17.8 Å². The van der Waals surface area contributed by atoms with E-state index in [4.69, 9.17) is 9.47 Å². The highest BCUT2D eigenvalue weighted by molar-refractivity contribution is 5.99. The first-order chi connectivity index (χ1) is 12.7. The van der Waals surface area contributed by atoms with Gasteiger partial charge in [0.15, 0.2) is 6.61 Å². The van der Waals surface area contributed by atoms with E-state index in [1.54, 1.807) is 12.2 Å². The molecule has 0 unspecified atom stereocenters. The van der Waals surface area contributed by atoms with Crippen LogP contribution in [-0.4, -0.2) is 31.6 Å². The second-order valence-electron chi connectivity index (χ2n) is 5.70. The van der Waals surface area contributed by atoms with Gasteiger partial charge >= 0.3 is 5.97 Å². The number of amides is 1. The van der Waals surface area contributed by atoms with Gasteiger partial charge in [-0.2, -0.15) is 0 Å². The summed E-state index contributed by atoms with van der Waals surface area (Å²) in [6.07, 6.45) is 3.35. The molecule has 0 atom stereocenters. The van der Waals surface area contributed by atoms with Crippen molar-refractivity contribution in [1.29, 1.82) is 0 Å². The van der Waals surface area contributed by atoms with Crippen molar-refractivity contribution in [1.82, 2.24) is 0 Å². The molecular formula is C21H19NO4. The van der Waals surface area contributed by atoms with Gasteiger partial charge in [-0.25, -0.2) is 4.79 Å². The number of benzene rings is 2. The van der Waals surface area contributed by atoms with E-state index in [2.05, 4.69) is 6.58 Å². The molecule has 26 heavy (non-hydrogen) atoms. The van der Waals surface area contributed by atoms with Gasteiger partial charge in [-0.3, -0.25) is 4.79 Å². The molecule has 0 bridgehead atoms. The molecule has 0 N–H and O–H groups in total. The molecule has 3 rings (SSSR count). The summed E-state index contributed by atoms with van der Waals surface area (Å²) in [5.74, 6) is -0.150. The minimum Gasteiger partial charge on any atom is -0.488 e. The highest BCUT2D eigenvalue weighted by Crippen LogP contribution is 2.26. The average Bonchev–Trinajstić information content (AvgIpc) is 2.70. The Hall–Kier alpha value is -3.34. The molecule has 132 valence electrons. The number of fused-ring (bicyclic) bond motifs is 1. The molecule has 0 spiro atoms. The Balaban J connectivity index is 1.64. The number of rotatable bonds is 6. The Labute approximate surface area is 152 Å². The van der Waals surface area contributed by atoms with E-state index in [-0.39, 0.29) is 19.1 Å². The van der Waals surface area contributed by atoms with Crippen LogP contribution >= 0.6 is 0 Å². The highest BCUT2D eigenvalue weighted by atomic mass is 16.5. The molecule has 0 aliphatic carbocycles. The third-order valence-corrected chi connectivity index (χ3v) is 3.90. The van der Waals surface area contributed by atoms with Crippen molar-refractivity contribution in [3.05, 3.63) is 78.4 Å². The van der Waals surface area contributed by atoms with Gasteiger partial charge in [-0.15, -0.1) is 6.58 Å². The molecule has 1 aliphatic heterocycles. The molecular weight excluding hydrogens is 330 g/mol. The number of anilines is 1. The number of carbonyl (C=O) groups is 2. The molecule has 2 aromatic carbocycles. The van der Waals surface area contributed by atoms with Gasteiger partial charge in [-0.1, -0.05) is 42.5 Å². The molecule has 0 saturated heterocycles. The zero-order valence-corrected chi connectivity index (χ0v) is 14.3. The molecule has 5 nitrogen and oxygen atoms in total. The van der Waals surface area contributed by atoms with Crippen LogP contribution < -0.4 is 9.64 Å². The van der Waals surface area contributed by atoms with Crippen LogP contribution in [-0.2, 0) is 14.3 Å². The number of para-hydroxylation sites is 2. The first kappa shape index (κ1) is 17.5. The monoisotopic (exact) mass is 349 g/mol. The lowest BCUT2D eigenvalue weighted by Gasteiger charge is -2.21. The molecule has 5 heteroatoms. The lowest BCUT2D eigenvalue weighted by atomic mass is 10.1. The fraction of sp³-hybridized carbons (Fsp3) is 0.143. The van der Waals surface area contributed by atoms with Gasteiger partial charge in [0.25, 0.3) is 5.91 Å². The zero-order valence-electron chi connectivity index (χ0n) is 14.3. The molecule has 0 saturated carbocycles. The predicted molar refractivity (Wildman–Crippen MR) is 99.9 cm³/mol. The van der Waals surface area contributed by atoms with Gasteiger partial charge < -0.3 is 14.4 Å². The Kier molecular flexibility index (Phi) is 5.49. The Bertz CT molecular complexity index is 842. The standard InChI is InChI=1S/C21H19NO4/c1-2-12-22(18-9-4-3-5-10-18)20(23)15-26-21(24)17-13-16-8-6-7-11-19(16)25-14-17/h2-11,13H,1,12,14-15H2. The maximum absolute atomic E-state index is 12.5. The third kappa shape index (κ3) is 4.00. The minimum absolute atomic E-state index is 0.124. The van der Waals surface area contributed by atoms with Gasteiger partial charge in [0.05, 0.1) is 5.57 Å². The quantitative estimate of drug-likeness (QED) is 0.593. The normalized spacial score (nSPS) is 12.2. The summed E-state index contributed by atoms with van der Waals surface area (Å²) in [5, 5.41) is 0. The predicted octanol–water partition coefficient (Wildman–Crippen LogP) is 3.22. The second-order valence-corrected chi connectivity index (χ2v) is 5.70. The van der Waals surface area contributed by atoms with Crippen LogP contribution in [0.4, 0.5) is 5.69 Å². The SMILES string of the molecule is C=CCN(C(=O)COC(=O)C1=Cc2ccccc2OC1)c1ccccc1. The van der Waals surface area contributed by atoms with Crippen LogP contribution in [0.5, 0.6) is 5.75 Å². The summed E-state index contributed by atoms with van der Waals surface area (Å²) in [5.41, 5.74) is 1.92. The van der Waals surface area contributed by atoms with Gasteiger partial charge in [0.2, 0.25) is 0 Å². The van der Waals surface area contributed by atoms with Crippen LogP contribution in [0.2, 0.25) is 0 Å². The summed E-state index contributed by atoms with van der Waals surface area (Å²) in [4.78, 5) is 26.3. The number of hydrogen-bond donors (Lipinski definition) is 0. The van der Waals surface area contributed by atoms with Crippen molar-refractivity contribution in [2.45, 2.75) is 0 Å². The van der Waals surface area contributed by atoms with E-state index >= 15 is 0 Å². The lowest BCUT2D eigenvalue weighted by Crippen LogP contribution is -2.35. The van der Waals surface area contributed by atoms with Crippen molar-refractivity contribution in [2.75, 3.05) is 24.7 Å². The van der Waals surface area contributed by atoms with Crippen LogP contribution in [0.15, 0.2) is 72.8 Å². The number of nitrogens with zero attached hydrogens (tertiary/aromatic N) is 1. The van der Waals surface area contributed by atoms with E-state index in [0.717, 1.165) is 17.0 Å². The molecule has 0 radical (unpaired) electrons. The second kappa shape index (κ2) is 8.16. The van der Waals surface area contributed by atoms with Crippen molar-refractivity contribution in [3.63, 3.8) is 0 Å². The fourth-order valence-electron chi connectivity index (χ4n) is 2.62. The fourth-order valence-corrected chi connectivity index (χ4v) is 2.62. The van der Waals surface area contributed by atoms with Crippen LogP contribution in [0.3, 0.4) is 0 Å². The zero-order chi connectivity index (χ0) is 18.4. The highest BCUT2D eigenvalue weighted by Gasteiger charge is 2.21. The minimum atomic E-state index is -0.556. The number of esters is 1. The van der Waals surface area contributed by atoms with E-state index in [1.165, 1.54) is 4.90 Å². The summed E-state index contributed by atoms with van der Waals surface area (Å²) in [6.45, 7) is 3.78. The van der Waals surface area contributed by atoms with E-state index < -0.39 is 5.97 Å². The third-order valence-electron chi connectivity index (χ3n) is 3.90. The number of hydrogen-bond acceptors (Lipinski definition) is 4. The van der Waals surface area contributed by atoms with Crippen LogP contribution in [0.1, 0.15) is 5.56 Å². The largest absolute Gasteiger partial charge is 0.488 e. The van der Waals surface area contributed by atoms with E-state index in [0.29, 0.717) is 12.1 Å². The molecule has 1 aliphatic rings. The van der Waals surface area contributed by atoms with Gasteiger partial charge in [0.1, 0.15) is 12.4 Å². The molecule has 2 aromatic rings. The lowest BCUT2D eigenvalue weighted by molar-refractivity contribution is -0.144. The number of ether oxygens (including phenoxy) is 2. The first-order valence-corrected chi connectivity index (χ1v) is 8.25. The van der Waals surface area contributed by atoms with Crippen molar-refractivity contribution < 1.29 is 19.1 Å². The summed E-state index contributed by atoms with van der Waals surface area (Å²) in [6, 6.07) is 16.6. The topological polar surface area (TPSA) is 55.8 Å². The van der Waals surface area contributed by atoms with Crippen molar-refractivity contribution in [3.8, 4) is 5.75 Å². The summed E-state index contributed by atoms with van der Waals surface area (Å²) < 4.78 is 10.7. The van der Waals surface area contributed by atoms with Crippen LogP contribution in [0.25, 0.3) is 6.08 Å². The Morgan fingerprint density at radius 1 is 1.12 bits per heavy atom.